The summed E-state index contributed by atoms with van der Waals surface area (Å²) in [7, 11) is 1.32. The van der Waals surface area contributed by atoms with Crippen LogP contribution in [0.5, 0.6) is 0 Å². The van der Waals surface area contributed by atoms with Crippen molar-refractivity contribution in [3.63, 3.8) is 0 Å². The molecule has 0 fully saturated rings. The van der Waals surface area contributed by atoms with E-state index in [0.29, 0.717) is 22.2 Å². The highest BCUT2D eigenvalue weighted by molar-refractivity contribution is 6.45. The Balaban J connectivity index is 2.31. The minimum atomic E-state index is -0.427. The number of rotatable bonds is 4. The number of carbonyl (C=O) groups excluding carboxylic acids is 1. The first-order valence-electron chi connectivity index (χ1n) is 5.84. The fraction of sp³-hybridized carbons (Fsp3) is 0.0769. The Hall–Kier alpha value is -3.34. The van der Waals surface area contributed by atoms with Gasteiger partial charge < -0.3 is 15.5 Å². The van der Waals surface area contributed by atoms with E-state index in [9.17, 15) is 4.79 Å². The molecule has 0 aliphatic heterocycles. The fourth-order valence-electron chi connectivity index (χ4n) is 1.74. The van der Waals surface area contributed by atoms with Crippen molar-refractivity contribution in [3.05, 3.63) is 30.0 Å². The average molecular weight is 284 g/mol. The smallest absolute Gasteiger partial charge is 0.340 e. The maximum Gasteiger partial charge on any atom is 0.340 e. The molecule has 1 heterocycles. The van der Waals surface area contributed by atoms with E-state index in [1.807, 2.05) is 0 Å². The summed E-state index contributed by atoms with van der Waals surface area (Å²) in [4.78, 5) is 14.5. The lowest BCUT2D eigenvalue weighted by Crippen LogP contribution is -2.21. The monoisotopic (exact) mass is 284 g/mol. The summed E-state index contributed by atoms with van der Waals surface area (Å²) < 4.78 is 4.68. The number of nitrogens with zero attached hydrogens (tertiary/aromatic N) is 2. The van der Waals surface area contributed by atoms with Crippen LogP contribution in [-0.2, 0) is 4.74 Å². The molecule has 0 radical (unpaired) electrons. The number of carbonyl (C=O) groups is 1. The molecule has 0 saturated heterocycles. The Kier molecular flexibility index (Phi) is 3.85. The summed E-state index contributed by atoms with van der Waals surface area (Å²) in [5, 5.41) is 20.3. The lowest BCUT2D eigenvalue weighted by Gasteiger charge is -2.02. The van der Waals surface area contributed by atoms with Crippen molar-refractivity contribution in [2.45, 2.75) is 0 Å². The van der Waals surface area contributed by atoms with E-state index in [2.05, 4.69) is 20.2 Å². The van der Waals surface area contributed by atoms with Crippen molar-refractivity contribution in [1.82, 2.24) is 4.98 Å². The lowest BCUT2D eigenvalue weighted by molar-refractivity contribution is 0.0603. The van der Waals surface area contributed by atoms with Crippen LogP contribution in [0.15, 0.2) is 29.5 Å². The molecule has 0 amide bonds. The van der Waals surface area contributed by atoms with Gasteiger partial charge in [0.1, 0.15) is 6.07 Å². The number of hydrogen-bond acceptors (Lipinski definition) is 6. The number of aromatic amines is 1. The van der Waals surface area contributed by atoms with Crippen LogP contribution in [0, 0.1) is 16.7 Å². The zero-order chi connectivity index (χ0) is 15.4. The van der Waals surface area contributed by atoms with Crippen LogP contribution in [0.1, 0.15) is 10.4 Å². The number of benzene rings is 1. The maximum absolute atomic E-state index is 11.5. The lowest BCUT2D eigenvalue weighted by atomic mass is 10.1. The normalized spacial score (nSPS) is 11.0. The van der Waals surface area contributed by atoms with Crippen molar-refractivity contribution in [2.75, 3.05) is 12.5 Å². The predicted octanol–water partition coefficient (Wildman–Crippen LogP) is 1.18. The van der Waals surface area contributed by atoms with E-state index in [-0.39, 0.29) is 5.71 Å². The Morgan fingerprint density at radius 2 is 2.33 bits per heavy atom. The standard InChI is InChI=1S/C13H12N6O2/c1-21-13(20)9-6-17-10-4-7(2-3-8(9)10)18-19-11(5-14)12(15)16/h2-4,6,17-18H,1H3,(H3,15,16)/b19-11+. The zero-order valence-corrected chi connectivity index (χ0v) is 11.1. The quantitative estimate of drug-likeness (QED) is 0.289. The Labute approximate surface area is 119 Å². The molecule has 0 atom stereocenters. The van der Waals surface area contributed by atoms with Crippen molar-refractivity contribution in [2.24, 2.45) is 10.8 Å². The number of nitriles is 1. The van der Waals surface area contributed by atoms with E-state index >= 15 is 0 Å². The summed E-state index contributed by atoms with van der Waals surface area (Å²) in [6, 6.07) is 6.81. The molecule has 0 aliphatic rings. The van der Waals surface area contributed by atoms with E-state index in [1.165, 1.54) is 7.11 Å². The molecule has 0 bridgehead atoms. The molecule has 0 saturated carbocycles. The van der Waals surface area contributed by atoms with Gasteiger partial charge in [0.2, 0.25) is 5.71 Å². The molecule has 2 aromatic rings. The molecule has 21 heavy (non-hydrogen) atoms. The van der Waals surface area contributed by atoms with Crippen LogP contribution < -0.4 is 11.2 Å². The topological polar surface area (TPSA) is 140 Å². The molecule has 5 N–H and O–H groups in total. The van der Waals surface area contributed by atoms with Gasteiger partial charge >= 0.3 is 5.97 Å². The molecule has 0 spiro atoms. The van der Waals surface area contributed by atoms with Crippen molar-refractivity contribution < 1.29 is 9.53 Å². The van der Waals surface area contributed by atoms with Gasteiger partial charge in [0.15, 0.2) is 5.84 Å². The van der Waals surface area contributed by atoms with Gasteiger partial charge in [-0.3, -0.25) is 10.8 Å². The first-order valence-corrected chi connectivity index (χ1v) is 5.84. The number of hydrazone groups is 1. The third-order valence-electron chi connectivity index (χ3n) is 2.74. The number of hydrogen-bond donors (Lipinski definition) is 4. The predicted molar refractivity (Wildman–Crippen MR) is 78.2 cm³/mol. The Bertz CT molecular complexity index is 784. The fourth-order valence-corrected chi connectivity index (χ4v) is 1.74. The van der Waals surface area contributed by atoms with Gasteiger partial charge in [0.25, 0.3) is 0 Å². The summed E-state index contributed by atoms with van der Waals surface area (Å²) in [5.74, 6) is -0.845. The van der Waals surface area contributed by atoms with E-state index < -0.39 is 11.8 Å². The molecular weight excluding hydrogens is 272 g/mol. The highest BCUT2D eigenvalue weighted by Crippen LogP contribution is 2.22. The summed E-state index contributed by atoms with van der Waals surface area (Å²) in [6.45, 7) is 0. The Morgan fingerprint density at radius 1 is 1.57 bits per heavy atom. The number of esters is 1. The van der Waals surface area contributed by atoms with Gasteiger partial charge in [-0.05, 0) is 18.2 Å². The second-order valence-corrected chi connectivity index (χ2v) is 4.05. The molecule has 0 unspecified atom stereocenters. The van der Waals surface area contributed by atoms with Crippen LogP contribution >= 0.6 is 0 Å². The first-order chi connectivity index (χ1) is 10.1. The number of ether oxygens (including phenoxy) is 1. The molecule has 8 nitrogen and oxygen atoms in total. The van der Waals surface area contributed by atoms with Crippen molar-refractivity contribution >= 4 is 34.1 Å². The number of nitrogens with two attached hydrogens (primary N) is 1. The number of methoxy groups -OCH3 is 1. The number of nitrogens with one attached hydrogen (secondary N) is 3. The third-order valence-corrected chi connectivity index (χ3v) is 2.74. The molecule has 0 aliphatic carbocycles. The van der Waals surface area contributed by atoms with Crippen LogP contribution in [-0.4, -0.2) is 29.6 Å². The second kappa shape index (κ2) is 5.75. The highest BCUT2D eigenvalue weighted by Gasteiger charge is 2.12. The minimum absolute atomic E-state index is 0.211. The molecular formula is C13H12N6O2. The van der Waals surface area contributed by atoms with Crippen LogP contribution in [0.3, 0.4) is 0 Å². The molecule has 8 heteroatoms. The number of amidine groups is 1. The summed E-state index contributed by atoms with van der Waals surface area (Å²) in [5.41, 5.74) is 9.32. The molecule has 1 aromatic carbocycles. The van der Waals surface area contributed by atoms with Gasteiger partial charge in [0, 0.05) is 17.1 Å². The van der Waals surface area contributed by atoms with Gasteiger partial charge in [0.05, 0.1) is 18.4 Å². The highest BCUT2D eigenvalue weighted by atomic mass is 16.5. The van der Waals surface area contributed by atoms with Gasteiger partial charge in [-0.2, -0.15) is 10.4 Å². The van der Waals surface area contributed by atoms with Crippen LogP contribution in [0.4, 0.5) is 5.69 Å². The van der Waals surface area contributed by atoms with E-state index in [4.69, 9.17) is 16.4 Å². The first kappa shape index (κ1) is 14.1. The largest absolute Gasteiger partial charge is 0.465 e. The molecule has 1 aromatic heterocycles. The zero-order valence-electron chi connectivity index (χ0n) is 11.1. The number of aromatic nitrogens is 1. The van der Waals surface area contributed by atoms with E-state index in [0.717, 1.165) is 0 Å². The average Bonchev–Trinajstić information content (AvgIpc) is 2.89. The summed E-state index contributed by atoms with van der Waals surface area (Å²) in [6.07, 6.45) is 1.56. The van der Waals surface area contributed by atoms with Crippen molar-refractivity contribution in [1.29, 1.82) is 10.7 Å². The maximum atomic E-state index is 11.5. The van der Waals surface area contributed by atoms with Gasteiger partial charge in [-0.15, -0.1) is 0 Å². The Morgan fingerprint density at radius 3 is 2.95 bits per heavy atom. The van der Waals surface area contributed by atoms with E-state index in [1.54, 1.807) is 30.5 Å². The second-order valence-electron chi connectivity index (χ2n) is 4.05. The van der Waals surface area contributed by atoms with Crippen LogP contribution in [0.25, 0.3) is 10.9 Å². The van der Waals surface area contributed by atoms with Crippen LogP contribution in [0.2, 0.25) is 0 Å². The molecule has 106 valence electrons. The third kappa shape index (κ3) is 2.82. The molecule has 2 rings (SSSR count). The minimum Gasteiger partial charge on any atom is -0.465 e. The number of fused-ring (bicyclic) bond motifs is 1. The van der Waals surface area contributed by atoms with Gasteiger partial charge in [-0.25, -0.2) is 4.79 Å². The SMILES string of the molecule is COC(=O)c1c[nH]c2cc(N/N=C(\C#N)C(=N)N)ccc12. The number of anilines is 1. The number of H-pyrrole nitrogens is 1. The van der Waals surface area contributed by atoms with Crippen molar-refractivity contribution in [3.8, 4) is 6.07 Å². The summed E-state index contributed by atoms with van der Waals surface area (Å²) >= 11 is 0. The van der Waals surface area contributed by atoms with Gasteiger partial charge in [-0.1, -0.05) is 0 Å².